The number of imidazole rings is 1. The molecule has 2 unspecified atom stereocenters. The highest BCUT2D eigenvalue weighted by molar-refractivity contribution is 6.00. The molecule has 16 heteroatoms. The van der Waals surface area contributed by atoms with Crippen LogP contribution in [0.25, 0.3) is 11.3 Å². The first kappa shape index (κ1) is 48.1. The van der Waals surface area contributed by atoms with Gasteiger partial charge in [-0.3, -0.25) is 14.4 Å². The third-order valence-electron chi connectivity index (χ3n) is 13.4. The number of aryl methyl sites for hydroxylation is 2. The Morgan fingerprint density at radius 3 is 2.28 bits per heavy atom. The molecule has 5 rings (SSSR count). The smallest absolute Gasteiger partial charge is 0.410 e. The van der Waals surface area contributed by atoms with Gasteiger partial charge < -0.3 is 47.9 Å². The van der Waals surface area contributed by atoms with Gasteiger partial charge in [-0.25, -0.2) is 14.8 Å². The number of aliphatic hydroxyl groups is 1. The number of cyclic esters (lactones) is 1. The van der Waals surface area contributed by atoms with E-state index in [1.165, 1.54) is 14.0 Å². The van der Waals surface area contributed by atoms with Gasteiger partial charge in [0.2, 0.25) is 5.88 Å². The molecule has 340 valence electrons. The fourth-order valence-electron chi connectivity index (χ4n) is 9.80. The molecule has 5 heterocycles. The van der Waals surface area contributed by atoms with Crippen molar-refractivity contribution < 1.29 is 52.7 Å². The Kier molecular flexibility index (Phi) is 15.5. The predicted molar refractivity (Wildman–Crippen MR) is 226 cm³/mol. The van der Waals surface area contributed by atoms with Gasteiger partial charge in [0.05, 0.1) is 36.7 Å². The molecular formula is C45H69N5O11. The Bertz CT molecular complexity index is 1860. The van der Waals surface area contributed by atoms with Gasteiger partial charge in [0.15, 0.2) is 17.7 Å². The maximum Gasteiger partial charge on any atom is 0.410 e. The summed E-state index contributed by atoms with van der Waals surface area (Å²) in [6.07, 6.45) is 0.845. The highest BCUT2D eigenvalue weighted by atomic mass is 16.7. The lowest BCUT2D eigenvalue weighted by Crippen LogP contribution is -2.60. The lowest BCUT2D eigenvalue weighted by Gasteiger charge is -2.47. The van der Waals surface area contributed by atoms with Gasteiger partial charge in [-0.2, -0.15) is 0 Å². The van der Waals surface area contributed by atoms with Gasteiger partial charge in [-0.1, -0.05) is 27.7 Å². The van der Waals surface area contributed by atoms with Crippen molar-refractivity contribution in [3.05, 3.63) is 30.4 Å². The molecule has 3 fully saturated rings. The number of hydrogen-bond acceptors (Lipinski definition) is 14. The first-order valence-electron chi connectivity index (χ1n) is 21.7. The topological polar surface area (TPSA) is 181 Å². The van der Waals surface area contributed by atoms with E-state index in [2.05, 4.69) is 9.55 Å². The Labute approximate surface area is 360 Å². The molecule has 1 N–H and O–H groups in total. The molecule has 16 nitrogen and oxygen atoms in total. The lowest BCUT2D eigenvalue weighted by atomic mass is 9.73. The van der Waals surface area contributed by atoms with E-state index in [-0.39, 0.29) is 37.3 Å². The van der Waals surface area contributed by atoms with Crippen molar-refractivity contribution in [2.75, 3.05) is 34.9 Å². The number of nitrogens with zero attached hydrogens (tertiary/aromatic N) is 5. The first-order valence-corrected chi connectivity index (χ1v) is 21.7. The second-order valence-electron chi connectivity index (χ2n) is 18.0. The van der Waals surface area contributed by atoms with Crippen molar-refractivity contribution in [1.29, 1.82) is 0 Å². The number of amides is 1. The standard InChI is InChI=1S/C45H69N5O11/c1-14-34-45(9)39(50(43(55)61-45)20-16-15-19-49-24-32(47-30(49)7)31-17-18-35(56-12)46-23-31)27(4)36(51)25(2)22-44(8,57-13)40(28(5)37(52)29(6)41(54)59-34)60-42-38(53)33(48(10)11)21-26(3)58-42/h17-18,23-29,33-34,38-40,42,53H,14-16,19-22H2,1-13H3/t25-,26-,27+,28+,29-,33+,34-,38-,39-,40?,42?,44+,45-/m1/s1. The summed E-state index contributed by atoms with van der Waals surface area (Å²) < 4.78 is 38.5. The van der Waals surface area contributed by atoms with E-state index in [1.807, 2.05) is 59.0 Å². The Morgan fingerprint density at radius 1 is 0.984 bits per heavy atom. The zero-order valence-corrected chi connectivity index (χ0v) is 38.4. The molecular weight excluding hydrogens is 787 g/mol. The van der Waals surface area contributed by atoms with Gasteiger partial charge in [0.1, 0.15) is 29.7 Å². The van der Waals surface area contributed by atoms with Crippen LogP contribution in [0.5, 0.6) is 5.88 Å². The minimum Gasteiger partial charge on any atom is -0.481 e. The molecule has 0 radical (unpaired) electrons. The Morgan fingerprint density at radius 2 is 1.67 bits per heavy atom. The van der Waals surface area contributed by atoms with Crippen LogP contribution >= 0.6 is 0 Å². The Balaban J connectivity index is 1.42. The quantitative estimate of drug-likeness (QED) is 0.166. The second kappa shape index (κ2) is 19.6. The van der Waals surface area contributed by atoms with Crippen LogP contribution in [0.15, 0.2) is 24.5 Å². The third-order valence-corrected chi connectivity index (χ3v) is 13.4. The van der Waals surface area contributed by atoms with Crippen molar-refractivity contribution >= 4 is 23.6 Å². The number of ketones is 2. The summed E-state index contributed by atoms with van der Waals surface area (Å²) in [5.41, 5.74) is -1.04. The molecule has 0 aliphatic carbocycles. The van der Waals surface area contributed by atoms with E-state index >= 15 is 0 Å². The predicted octanol–water partition coefficient (Wildman–Crippen LogP) is 5.25. The van der Waals surface area contributed by atoms with Crippen LogP contribution in [0.2, 0.25) is 0 Å². The summed E-state index contributed by atoms with van der Waals surface area (Å²) in [7, 11) is 6.81. The van der Waals surface area contributed by atoms with E-state index in [0.717, 1.165) is 17.1 Å². The number of methoxy groups -OCH3 is 2. The van der Waals surface area contributed by atoms with Crippen LogP contribution < -0.4 is 4.74 Å². The molecule has 0 saturated carbocycles. The zero-order chi connectivity index (χ0) is 45.1. The number of carbonyl (C=O) groups is 4. The summed E-state index contributed by atoms with van der Waals surface area (Å²) in [5.74, 6) is -3.65. The van der Waals surface area contributed by atoms with Crippen molar-refractivity contribution in [2.45, 2.75) is 155 Å². The average Bonchev–Trinajstić information content (AvgIpc) is 3.73. The molecule has 1 amide bonds. The maximum atomic E-state index is 14.8. The summed E-state index contributed by atoms with van der Waals surface area (Å²) >= 11 is 0. The van der Waals surface area contributed by atoms with Crippen LogP contribution in [0, 0.1) is 30.6 Å². The molecule has 0 bridgehead atoms. The normalized spacial score (nSPS) is 35.5. The number of hydrogen-bond donors (Lipinski definition) is 1. The second-order valence-corrected chi connectivity index (χ2v) is 18.0. The number of aromatic nitrogens is 3. The number of unbranched alkanes of at least 4 members (excludes halogenated alkanes) is 1. The van der Waals surface area contributed by atoms with Crippen molar-refractivity contribution in [3.63, 3.8) is 0 Å². The number of pyridine rings is 1. The fraction of sp³-hybridized carbons (Fsp3) is 0.733. The molecule has 13 atom stereocenters. The van der Waals surface area contributed by atoms with Gasteiger partial charge in [-0.05, 0) is 86.9 Å². The molecule has 0 spiro atoms. The van der Waals surface area contributed by atoms with Crippen LogP contribution in [-0.2, 0) is 44.6 Å². The van der Waals surface area contributed by atoms with Gasteiger partial charge in [0.25, 0.3) is 0 Å². The maximum absolute atomic E-state index is 14.8. The van der Waals surface area contributed by atoms with Gasteiger partial charge in [-0.15, -0.1) is 0 Å². The molecule has 3 aliphatic rings. The summed E-state index contributed by atoms with van der Waals surface area (Å²) in [6.45, 7) is 16.8. The molecule has 3 saturated heterocycles. The van der Waals surface area contributed by atoms with Gasteiger partial charge >= 0.3 is 12.1 Å². The largest absolute Gasteiger partial charge is 0.481 e. The summed E-state index contributed by atoms with van der Waals surface area (Å²) in [4.78, 5) is 69.6. The number of fused-ring (bicyclic) bond motifs is 1. The van der Waals surface area contributed by atoms with Gasteiger partial charge in [0, 0.05) is 68.0 Å². The van der Waals surface area contributed by atoms with Crippen LogP contribution in [0.3, 0.4) is 0 Å². The van der Waals surface area contributed by atoms with E-state index in [0.29, 0.717) is 31.7 Å². The number of carbonyl (C=O) groups excluding carboxylic acids is 4. The molecule has 2 aromatic heterocycles. The number of likely N-dealkylation sites (N-methyl/N-ethyl adjacent to an activating group) is 1. The van der Waals surface area contributed by atoms with E-state index < -0.39 is 83.4 Å². The average molecular weight is 856 g/mol. The Hall–Kier alpha value is -3.96. The van der Waals surface area contributed by atoms with E-state index in [9.17, 15) is 24.3 Å². The number of aliphatic hydroxyl groups excluding tert-OH is 1. The number of rotatable bonds is 12. The SMILES string of the molecule is CC[C@H]1OC(=O)[C@H](C)C(=O)[C@H](C)C(OC2O[C@H](C)C[C@H](N(C)C)[C@H]2O)[C@@](C)(OC)C[C@@H](C)C(=O)[C@H](C)[C@H]2N(CCCCn3cc(-c4ccc(OC)nc4)nc3C)C(=O)O[C@]12C. The van der Waals surface area contributed by atoms with E-state index in [4.69, 9.17) is 33.4 Å². The number of Topliss-reactive ketones (excluding diaryl/α,β-unsaturated/α-hetero) is 2. The van der Waals surface area contributed by atoms with Crippen LogP contribution in [0.4, 0.5) is 4.79 Å². The minimum absolute atomic E-state index is 0.123. The van der Waals surface area contributed by atoms with E-state index in [1.54, 1.807) is 52.0 Å². The summed E-state index contributed by atoms with van der Waals surface area (Å²) in [5, 5.41) is 11.5. The molecule has 3 aliphatic heterocycles. The number of ether oxygens (including phenoxy) is 6. The zero-order valence-electron chi connectivity index (χ0n) is 38.4. The molecule has 2 aromatic rings. The molecule has 61 heavy (non-hydrogen) atoms. The minimum atomic E-state index is -1.42. The third kappa shape index (κ3) is 9.98. The van der Waals surface area contributed by atoms with Crippen molar-refractivity contribution in [2.24, 2.45) is 23.7 Å². The fourth-order valence-corrected chi connectivity index (χ4v) is 9.80. The molecule has 0 aromatic carbocycles. The highest BCUT2D eigenvalue weighted by Crippen LogP contribution is 2.43. The first-order chi connectivity index (χ1) is 28.7. The number of esters is 1. The summed E-state index contributed by atoms with van der Waals surface area (Å²) in [6, 6.07) is 2.61. The highest BCUT2D eigenvalue weighted by Gasteiger charge is 2.60. The van der Waals surface area contributed by atoms with Crippen molar-refractivity contribution in [3.8, 4) is 17.1 Å². The monoisotopic (exact) mass is 855 g/mol. The van der Waals surface area contributed by atoms with Crippen LogP contribution in [-0.4, -0.2) is 142 Å². The van der Waals surface area contributed by atoms with Crippen molar-refractivity contribution in [1.82, 2.24) is 24.3 Å². The lowest BCUT2D eigenvalue weighted by molar-refractivity contribution is -0.295. The van der Waals surface area contributed by atoms with Crippen LogP contribution in [0.1, 0.15) is 93.3 Å².